The average molecular weight is 359 g/mol. The summed E-state index contributed by atoms with van der Waals surface area (Å²) < 4.78 is 5.37. The first-order valence-corrected chi connectivity index (χ1v) is 9.24. The lowest BCUT2D eigenvalue weighted by Crippen LogP contribution is -2.37. The molecule has 1 amide bonds. The van der Waals surface area contributed by atoms with Crippen LogP contribution in [0.25, 0.3) is 0 Å². The maximum atomic E-state index is 12.7. The van der Waals surface area contributed by atoms with Crippen molar-refractivity contribution in [2.75, 3.05) is 45.9 Å². The van der Waals surface area contributed by atoms with Crippen LogP contribution in [0, 0.1) is 6.92 Å². The molecule has 4 nitrogen and oxygen atoms in total. The van der Waals surface area contributed by atoms with Gasteiger partial charge in [0.2, 0.25) is 0 Å². The van der Waals surface area contributed by atoms with Gasteiger partial charge in [-0.15, -0.1) is 23.7 Å². The first-order valence-electron chi connectivity index (χ1n) is 8.43. The number of nitrogens with zero attached hydrogens (tertiary/aromatic N) is 2. The molecule has 0 N–H and O–H groups in total. The van der Waals surface area contributed by atoms with Crippen LogP contribution in [0.5, 0.6) is 0 Å². The second-order valence-electron chi connectivity index (χ2n) is 6.25. The molecule has 0 atom stereocenters. The highest BCUT2D eigenvalue weighted by atomic mass is 35.5. The van der Waals surface area contributed by atoms with Gasteiger partial charge in [0.15, 0.2) is 0 Å². The third-order valence-corrected chi connectivity index (χ3v) is 5.65. The summed E-state index contributed by atoms with van der Waals surface area (Å²) in [6.45, 7) is 8.89. The van der Waals surface area contributed by atoms with Crippen LogP contribution >= 0.6 is 23.7 Å². The van der Waals surface area contributed by atoms with E-state index < -0.39 is 0 Å². The van der Waals surface area contributed by atoms with Crippen molar-refractivity contribution in [1.82, 2.24) is 9.80 Å². The third-order valence-electron chi connectivity index (χ3n) is 4.54. The van der Waals surface area contributed by atoms with Gasteiger partial charge in [-0.25, -0.2) is 0 Å². The lowest BCUT2D eigenvalue weighted by molar-refractivity contribution is 0.0368. The first-order chi connectivity index (χ1) is 10.7. The summed E-state index contributed by atoms with van der Waals surface area (Å²) in [7, 11) is 0. The Kier molecular flexibility index (Phi) is 7.34. The summed E-state index contributed by atoms with van der Waals surface area (Å²) in [5.74, 6) is 0.253. The Balaban J connectivity index is 0.00000192. The predicted octanol–water partition coefficient (Wildman–Crippen LogP) is 2.98. The molecule has 1 aromatic rings. The lowest BCUT2D eigenvalue weighted by Gasteiger charge is -2.27. The zero-order chi connectivity index (χ0) is 15.4. The quantitative estimate of drug-likeness (QED) is 0.758. The fraction of sp³-hybridized carbons (Fsp3) is 0.706. The Morgan fingerprint density at radius 1 is 1.17 bits per heavy atom. The van der Waals surface area contributed by atoms with Crippen molar-refractivity contribution in [2.24, 2.45) is 0 Å². The lowest BCUT2D eigenvalue weighted by atomic mass is 10.2. The summed E-state index contributed by atoms with van der Waals surface area (Å²) >= 11 is 1.79. The van der Waals surface area contributed by atoms with Crippen molar-refractivity contribution in [2.45, 2.75) is 32.6 Å². The molecule has 0 spiro atoms. The fourth-order valence-electron chi connectivity index (χ4n) is 3.31. The summed E-state index contributed by atoms with van der Waals surface area (Å²) in [6, 6.07) is 2.08. The van der Waals surface area contributed by atoms with Gasteiger partial charge in [-0.3, -0.25) is 9.69 Å². The number of unbranched alkanes of at least 4 members (excludes halogenated alkanes) is 1. The van der Waals surface area contributed by atoms with E-state index in [-0.39, 0.29) is 18.3 Å². The van der Waals surface area contributed by atoms with Gasteiger partial charge in [-0.05, 0) is 45.2 Å². The summed E-state index contributed by atoms with van der Waals surface area (Å²) in [5, 5.41) is 0. The number of hydrogen-bond acceptors (Lipinski definition) is 4. The molecule has 0 aliphatic carbocycles. The van der Waals surface area contributed by atoms with Gasteiger partial charge in [-0.1, -0.05) is 0 Å². The average Bonchev–Trinajstić information content (AvgIpc) is 2.84. The van der Waals surface area contributed by atoms with E-state index in [1.165, 1.54) is 16.2 Å². The van der Waals surface area contributed by atoms with Crippen LogP contribution in [0.1, 0.15) is 39.4 Å². The van der Waals surface area contributed by atoms with E-state index in [2.05, 4.69) is 22.8 Å². The molecule has 0 aromatic carbocycles. The van der Waals surface area contributed by atoms with Gasteiger partial charge in [0.1, 0.15) is 0 Å². The van der Waals surface area contributed by atoms with Gasteiger partial charge in [0, 0.05) is 35.9 Å². The highest BCUT2D eigenvalue weighted by molar-refractivity contribution is 7.12. The molecule has 3 rings (SSSR count). The van der Waals surface area contributed by atoms with Crippen LogP contribution in [0.15, 0.2) is 6.07 Å². The van der Waals surface area contributed by atoms with Crippen LogP contribution in [0.4, 0.5) is 0 Å². The second kappa shape index (κ2) is 9.02. The van der Waals surface area contributed by atoms with E-state index in [4.69, 9.17) is 4.74 Å². The maximum Gasteiger partial charge on any atom is 0.254 e. The van der Waals surface area contributed by atoms with E-state index in [9.17, 15) is 4.79 Å². The van der Waals surface area contributed by atoms with Crippen LogP contribution < -0.4 is 0 Å². The number of halogens is 1. The molecule has 0 bridgehead atoms. The molecule has 6 heteroatoms. The van der Waals surface area contributed by atoms with E-state index >= 15 is 0 Å². The molecule has 2 aliphatic heterocycles. The Bertz CT molecular complexity index is 515. The topological polar surface area (TPSA) is 32.8 Å². The number of carbonyl (C=O) groups excluding carboxylic acids is 1. The van der Waals surface area contributed by atoms with Crippen LogP contribution in [0.3, 0.4) is 0 Å². The van der Waals surface area contributed by atoms with Crippen molar-refractivity contribution >= 4 is 29.7 Å². The molecule has 2 aliphatic rings. The maximum absolute atomic E-state index is 12.7. The van der Waals surface area contributed by atoms with Gasteiger partial charge in [0.05, 0.1) is 18.8 Å². The molecule has 1 aromatic heterocycles. The highest BCUT2D eigenvalue weighted by Crippen LogP contribution is 2.27. The molecule has 0 unspecified atom stereocenters. The van der Waals surface area contributed by atoms with Gasteiger partial charge in [-0.2, -0.15) is 0 Å². The highest BCUT2D eigenvalue weighted by Gasteiger charge is 2.23. The number of fused-ring (bicyclic) bond motifs is 1. The molecular formula is C17H27ClN2O2S. The largest absolute Gasteiger partial charge is 0.379 e. The number of thiophene rings is 1. The predicted molar refractivity (Wildman–Crippen MR) is 97.0 cm³/mol. The fourth-order valence-corrected chi connectivity index (χ4v) is 4.38. The summed E-state index contributed by atoms with van der Waals surface area (Å²) in [4.78, 5) is 19.7. The zero-order valence-corrected chi connectivity index (χ0v) is 15.5. The number of hydrogen-bond donors (Lipinski definition) is 0. The van der Waals surface area contributed by atoms with Gasteiger partial charge < -0.3 is 9.64 Å². The van der Waals surface area contributed by atoms with Crippen molar-refractivity contribution in [3.8, 4) is 0 Å². The SMILES string of the molecule is Cc1cc2c(s1)CCCN(CCCCN1CCOCC1)C2=O.Cl. The number of carbonyl (C=O) groups is 1. The van der Waals surface area contributed by atoms with Crippen molar-refractivity contribution in [3.63, 3.8) is 0 Å². The number of ether oxygens (including phenoxy) is 1. The molecular weight excluding hydrogens is 332 g/mol. The van der Waals surface area contributed by atoms with E-state index in [1.807, 2.05) is 0 Å². The molecule has 3 heterocycles. The van der Waals surface area contributed by atoms with Crippen molar-refractivity contribution < 1.29 is 9.53 Å². The Labute approximate surface area is 149 Å². The molecule has 23 heavy (non-hydrogen) atoms. The summed E-state index contributed by atoms with van der Waals surface area (Å²) in [5.41, 5.74) is 0.966. The zero-order valence-electron chi connectivity index (χ0n) is 13.9. The van der Waals surface area contributed by atoms with Crippen LogP contribution in [-0.4, -0.2) is 61.6 Å². The standard InChI is InChI=1S/C17H26N2O2S.ClH/c1-14-13-15-16(22-14)5-4-8-19(17(15)20)7-3-2-6-18-9-11-21-12-10-18;/h13H,2-12H2,1H3;1H. The van der Waals surface area contributed by atoms with Gasteiger partial charge >= 0.3 is 0 Å². The Morgan fingerprint density at radius 2 is 1.91 bits per heavy atom. The summed E-state index contributed by atoms with van der Waals surface area (Å²) in [6.07, 6.45) is 4.42. The molecule has 0 saturated carbocycles. The smallest absolute Gasteiger partial charge is 0.254 e. The van der Waals surface area contributed by atoms with E-state index in [0.29, 0.717) is 0 Å². The van der Waals surface area contributed by atoms with Crippen molar-refractivity contribution in [3.05, 3.63) is 21.4 Å². The minimum atomic E-state index is 0. The normalized spacial score (nSPS) is 19.2. The first kappa shape index (κ1) is 18.7. The monoisotopic (exact) mass is 358 g/mol. The van der Waals surface area contributed by atoms with Crippen LogP contribution in [0.2, 0.25) is 0 Å². The van der Waals surface area contributed by atoms with Crippen molar-refractivity contribution in [1.29, 1.82) is 0 Å². The van der Waals surface area contributed by atoms with Crippen LogP contribution in [-0.2, 0) is 11.2 Å². The molecule has 1 saturated heterocycles. The number of aryl methyl sites for hydroxylation is 2. The van der Waals surface area contributed by atoms with E-state index in [0.717, 1.165) is 70.8 Å². The molecule has 0 radical (unpaired) electrons. The number of amides is 1. The number of rotatable bonds is 5. The second-order valence-corrected chi connectivity index (χ2v) is 7.59. The van der Waals surface area contributed by atoms with E-state index in [1.54, 1.807) is 11.3 Å². The molecule has 130 valence electrons. The van der Waals surface area contributed by atoms with Gasteiger partial charge in [0.25, 0.3) is 5.91 Å². The minimum absolute atomic E-state index is 0. The Morgan fingerprint density at radius 3 is 2.70 bits per heavy atom. The minimum Gasteiger partial charge on any atom is -0.379 e. The third kappa shape index (κ3) is 4.92. The Hall–Kier alpha value is -0.620. The molecule has 1 fully saturated rings. The number of morpholine rings is 1.